The Bertz CT molecular complexity index is 605. The molecule has 1 aromatic rings. The predicted octanol–water partition coefficient (Wildman–Crippen LogP) is 2.58. The van der Waals surface area contributed by atoms with Gasteiger partial charge in [0, 0.05) is 11.3 Å². The third-order valence-electron chi connectivity index (χ3n) is 4.35. The minimum Gasteiger partial charge on any atom is -0.480 e. The summed E-state index contributed by atoms with van der Waals surface area (Å²) < 4.78 is 5.53. The molecule has 1 aromatic heterocycles. The topological polar surface area (TPSA) is 70.8 Å². The highest BCUT2D eigenvalue weighted by Crippen LogP contribution is 2.46. The average molecular weight is 309 g/mol. The quantitative estimate of drug-likeness (QED) is 0.929. The van der Waals surface area contributed by atoms with E-state index in [1.807, 2.05) is 13.8 Å². The lowest BCUT2D eigenvalue weighted by Gasteiger charge is -2.27. The molecule has 114 valence electrons. The molecule has 1 saturated heterocycles. The zero-order valence-corrected chi connectivity index (χ0v) is 13.2. The summed E-state index contributed by atoms with van der Waals surface area (Å²) >= 11 is 1.59. The number of amides is 1. The Morgan fingerprint density at radius 3 is 2.38 bits per heavy atom. The molecule has 1 amide bonds. The SMILES string of the molecule is Cc1oc(C)c(C(=O)N2C(C(=O)O)CSC2C2CC2)c1C. The summed E-state index contributed by atoms with van der Waals surface area (Å²) in [4.78, 5) is 26.0. The molecule has 1 aliphatic heterocycles. The molecule has 2 heterocycles. The fraction of sp³-hybridized carbons (Fsp3) is 0.600. The van der Waals surface area contributed by atoms with Crippen molar-refractivity contribution in [3.05, 3.63) is 22.6 Å². The first-order chi connectivity index (χ1) is 9.91. The Labute approximate surface area is 127 Å². The van der Waals surface area contributed by atoms with Gasteiger partial charge in [0.2, 0.25) is 0 Å². The van der Waals surface area contributed by atoms with Crippen molar-refractivity contribution in [2.24, 2.45) is 5.92 Å². The lowest BCUT2D eigenvalue weighted by Crippen LogP contribution is -2.46. The van der Waals surface area contributed by atoms with E-state index in [0.717, 1.165) is 24.2 Å². The van der Waals surface area contributed by atoms with Crippen LogP contribution in [0, 0.1) is 26.7 Å². The number of rotatable bonds is 3. The largest absolute Gasteiger partial charge is 0.480 e. The molecule has 2 unspecified atom stereocenters. The Morgan fingerprint density at radius 1 is 1.24 bits per heavy atom. The minimum absolute atomic E-state index is 0.00685. The van der Waals surface area contributed by atoms with E-state index in [4.69, 9.17) is 4.42 Å². The zero-order valence-electron chi connectivity index (χ0n) is 12.4. The molecule has 1 N–H and O–H groups in total. The number of carbonyl (C=O) groups excluding carboxylic acids is 1. The molecule has 5 nitrogen and oxygen atoms in total. The Kier molecular flexibility index (Phi) is 3.51. The molecule has 0 spiro atoms. The molecule has 1 aliphatic carbocycles. The van der Waals surface area contributed by atoms with E-state index in [9.17, 15) is 14.7 Å². The molecule has 0 bridgehead atoms. The first kappa shape index (κ1) is 14.5. The highest BCUT2D eigenvalue weighted by atomic mass is 32.2. The predicted molar refractivity (Wildman–Crippen MR) is 79.5 cm³/mol. The van der Waals surface area contributed by atoms with Gasteiger partial charge in [0.05, 0.1) is 10.9 Å². The summed E-state index contributed by atoms with van der Waals surface area (Å²) in [6.07, 6.45) is 2.16. The van der Waals surface area contributed by atoms with Crippen LogP contribution < -0.4 is 0 Å². The maximum atomic E-state index is 12.9. The van der Waals surface area contributed by atoms with Gasteiger partial charge in [-0.3, -0.25) is 4.79 Å². The van der Waals surface area contributed by atoms with E-state index in [1.54, 1.807) is 23.6 Å². The minimum atomic E-state index is -0.922. The second-order valence-corrected chi connectivity index (χ2v) is 6.99. The van der Waals surface area contributed by atoms with E-state index >= 15 is 0 Å². The number of nitrogens with zero attached hydrogens (tertiary/aromatic N) is 1. The van der Waals surface area contributed by atoms with Crippen molar-refractivity contribution in [3.8, 4) is 0 Å². The summed E-state index contributed by atoms with van der Waals surface area (Å²) in [6.45, 7) is 5.44. The van der Waals surface area contributed by atoms with Crippen LogP contribution in [0.25, 0.3) is 0 Å². The van der Waals surface area contributed by atoms with Gasteiger partial charge < -0.3 is 14.4 Å². The van der Waals surface area contributed by atoms with Crippen LogP contribution in [-0.4, -0.2) is 39.1 Å². The van der Waals surface area contributed by atoms with Gasteiger partial charge in [-0.05, 0) is 39.5 Å². The average Bonchev–Trinajstić information content (AvgIpc) is 3.10. The maximum Gasteiger partial charge on any atom is 0.327 e. The van der Waals surface area contributed by atoms with E-state index in [1.165, 1.54) is 0 Å². The van der Waals surface area contributed by atoms with E-state index in [2.05, 4.69) is 0 Å². The molecule has 0 radical (unpaired) electrons. The Hall–Kier alpha value is -1.43. The maximum absolute atomic E-state index is 12.9. The summed E-state index contributed by atoms with van der Waals surface area (Å²) in [5.74, 6) is 1.09. The number of carbonyl (C=O) groups is 2. The Balaban J connectivity index is 1.97. The summed E-state index contributed by atoms with van der Waals surface area (Å²) in [5.41, 5.74) is 1.35. The van der Waals surface area contributed by atoms with Crippen LogP contribution in [0.5, 0.6) is 0 Å². The van der Waals surface area contributed by atoms with Crippen molar-refractivity contribution < 1.29 is 19.1 Å². The molecule has 1 saturated carbocycles. The van der Waals surface area contributed by atoms with Crippen LogP contribution in [-0.2, 0) is 4.79 Å². The molecule has 3 rings (SSSR count). The van der Waals surface area contributed by atoms with Gasteiger partial charge in [-0.15, -0.1) is 11.8 Å². The van der Waals surface area contributed by atoms with E-state index in [0.29, 0.717) is 23.0 Å². The van der Waals surface area contributed by atoms with Gasteiger partial charge in [0.15, 0.2) is 0 Å². The highest BCUT2D eigenvalue weighted by molar-refractivity contribution is 8.00. The first-order valence-electron chi connectivity index (χ1n) is 7.15. The number of furan rings is 1. The van der Waals surface area contributed by atoms with E-state index in [-0.39, 0.29) is 11.3 Å². The zero-order chi connectivity index (χ0) is 15.3. The number of hydrogen-bond acceptors (Lipinski definition) is 4. The summed E-state index contributed by atoms with van der Waals surface area (Å²) in [6, 6.07) is -0.734. The van der Waals surface area contributed by atoms with Gasteiger partial charge >= 0.3 is 5.97 Å². The van der Waals surface area contributed by atoms with Gasteiger partial charge in [0.1, 0.15) is 17.6 Å². The van der Waals surface area contributed by atoms with Crippen LogP contribution in [0.1, 0.15) is 40.3 Å². The second kappa shape index (κ2) is 5.09. The molecular weight excluding hydrogens is 290 g/mol. The Morgan fingerprint density at radius 2 is 1.90 bits per heavy atom. The monoisotopic (exact) mass is 309 g/mol. The molecule has 6 heteroatoms. The van der Waals surface area contributed by atoms with Gasteiger partial charge in [-0.2, -0.15) is 0 Å². The third-order valence-corrected chi connectivity index (χ3v) is 5.82. The van der Waals surface area contributed by atoms with Gasteiger partial charge in [0.25, 0.3) is 5.91 Å². The smallest absolute Gasteiger partial charge is 0.327 e. The molecule has 2 atom stereocenters. The molecule has 2 aliphatic rings. The van der Waals surface area contributed by atoms with Crippen molar-refractivity contribution in [2.75, 3.05) is 5.75 Å². The second-order valence-electron chi connectivity index (χ2n) is 5.84. The van der Waals surface area contributed by atoms with Gasteiger partial charge in [-0.1, -0.05) is 0 Å². The summed E-state index contributed by atoms with van der Waals surface area (Å²) in [7, 11) is 0. The summed E-state index contributed by atoms with van der Waals surface area (Å²) in [5, 5.41) is 9.41. The van der Waals surface area contributed by atoms with Crippen LogP contribution in [0.3, 0.4) is 0 Å². The lowest BCUT2D eigenvalue weighted by atomic mass is 10.1. The van der Waals surface area contributed by atoms with Gasteiger partial charge in [-0.25, -0.2) is 4.79 Å². The number of carboxylic acid groups (broad SMARTS) is 1. The fourth-order valence-corrected chi connectivity index (χ4v) is 4.59. The number of aryl methyl sites for hydroxylation is 2. The van der Waals surface area contributed by atoms with E-state index < -0.39 is 12.0 Å². The van der Waals surface area contributed by atoms with Crippen molar-refractivity contribution in [1.82, 2.24) is 4.90 Å². The normalized spacial score (nSPS) is 25.4. The molecule has 2 fully saturated rings. The lowest BCUT2D eigenvalue weighted by molar-refractivity contribution is -0.141. The van der Waals surface area contributed by atoms with Crippen LogP contribution in [0.15, 0.2) is 4.42 Å². The third kappa shape index (κ3) is 2.35. The fourth-order valence-electron chi connectivity index (χ4n) is 2.96. The number of hydrogen-bond donors (Lipinski definition) is 1. The molecule has 0 aromatic carbocycles. The standard InChI is InChI=1S/C15H19NO4S/c1-7-8(2)20-9(3)12(7)13(17)16-11(15(18)19)6-21-14(16)10-4-5-10/h10-11,14H,4-6H2,1-3H3,(H,18,19). The first-order valence-corrected chi connectivity index (χ1v) is 8.20. The highest BCUT2D eigenvalue weighted by Gasteiger charge is 2.48. The van der Waals surface area contributed by atoms with Crippen molar-refractivity contribution in [3.63, 3.8) is 0 Å². The molecular formula is C15H19NO4S. The number of carboxylic acids is 1. The van der Waals surface area contributed by atoms with Crippen LogP contribution >= 0.6 is 11.8 Å². The number of thioether (sulfide) groups is 1. The van der Waals surface area contributed by atoms with Crippen LogP contribution in [0.4, 0.5) is 0 Å². The molecule has 21 heavy (non-hydrogen) atoms. The van der Waals surface area contributed by atoms with Crippen molar-refractivity contribution in [1.29, 1.82) is 0 Å². The van der Waals surface area contributed by atoms with Crippen molar-refractivity contribution >= 4 is 23.6 Å². The van der Waals surface area contributed by atoms with Crippen molar-refractivity contribution in [2.45, 2.75) is 45.0 Å². The van der Waals surface area contributed by atoms with Crippen LogP contribution in [0.2, 0.25) is 0 Å². The number of aliphatic carboxylic acids is 1.